The van der Waals surface area contributed by atoms with E-state index in [1.54, 1.807) is 12.1 Å². The van der Waals surface area contributed by atoms with Crippen LogP contribution in [0.3, 0.4) is 0 Å². The molecule has 19 heavy (non-hydrogen) atoms. The summed E-state index contributed by atoms with van der Waals surface area (Å²) in [5.41, 5.74) is 0.341. The van der Waals surface area contributed by atoms with Gasteiger partial charge in [0.15, 0.2) is 5.69 Å². The van der Waals surface area contributed by atoms with E-state index in [4.69, 9.17) is 0 Å². The number of nitrogens with zero attached hydrogens (tertiary/aromatic N) is 3. The van der Waals surface area contributed by atoms with E-state index in [0.717, 1.165) is 13.0 Å². The maximum absolute atomic E-state index is 11.8. The second-order valence-electron chi connectivity index (χ2n) is 4.75. The number of likely N-dealkylation sites (N-methyl/N-ethyl adjacent to an activating group) is 1. The Hall–Kier alpha value is -1.69. The summed E-state index contributed by atoms with van der Waals surface area (Å²) >= 11 is 0. The maximum atomic E-state index is 11.8. The summed E-state index contributed by atoms with van der Waals surface area (Å²) in [7, 11) is 3.95. The van der Waals surface area contributed by atoms with Crippen molar-refractivity contribution in [2.75, 3.05) is 32.5 Å². The van der Waals surface area contributed by atoms with Crippen LogP contribution in [0.2, 0.25) is 0 Å². The van der Waals surface area contributed by atoms with E-state index in [-0.39, 0.29) is 11.9 Å². The molecule has 0 aliphatic heterocycles. The molecule has 1 amide bonds. The first-order valence-corrected chi connectivity index (χ1v) is 6.56. The van der Waals surface area contributed by atoms with E-state index in [9.17, 15) is 4.79 Å². The molecule has 0 radical (unpaired) electrons. The maximum Gasteiger partial charge on any atom is 0.271 e. The minimum atomic E-state index is -0.191. The van der Waals surface area contributed by atoms with Crippen molar-refractivity contribution < 1.29 is 4.79 Å². The third kappa shape index (κ3) is 5.21. The van der Waals surface area contributed by atoms with Crippen molar-refractivity contribution in [3.63, 3.8) is 0 Å². The molecule has 0 aliphatic carbocycles. The lowest BCUT2D eigenvalue weighted by Gasteiger charge is -2.19. The fourth-order valence-corrected chi connectivity index (χ4v) is 1.31. The Morgan fingerprint density at radius 3 is 2.63 bits per heavy atom. The molecule has 1 heterocycles. The number of aromatic nitrogens is 2. The number of amides is 1. The minimum Gasteiger partial charge on any atom is -0.369 e. The number of hydrogen-bond donors (Lipinski definition) is 2. The van der Waals surface area contributed by atoms with Gasteiger partial charge in [-0.15, -0.1) is 10.2 Å². The second kappa shape index (κ2) is 7.68. The lowest BCUT2D eigenvalue weighted by Crippen LogP contribution is -2.38. The fourth-order valence-electron chi connectivity index (χ4n) is 1.31. The summed E-state index contributed by atoms with van der Waals surface area (Å²) in [4.78, 5) is 13.9. The Morgan fingerprint density at radius 2 is 2.11 bits per heavy atom. The summed E-state index contributed by atoms with van der Waals surface area (Å²) in [5.74, 6) is 0.503. The SMILES string of the molecule is CCCNc1ccc(C(=O)NCC(C)N(C)C)nn1. The molecule has 0 fully saturated rings. The summed E-state index contributed by atoms with van der Waals surface area (Å²) < 4.78 is 0. The van der Waals surface area contributed by atoms with Crippen LogP contribution in [-0.4, -0.2) is 54.2 Å². The minimum absolute atomic E-state index is 0.191. The number of carbonyl (C=O) groups is 1. The van der Waals surface area contributed by atoms with Crippen molar-refractivity contribution in [1.29, 1.82) is 0 Å². The highest BCUT2D eigenvalue weighted by atomic mass is 16.1. The van der Waals surface area contributed by atoms with Gasteiger partial charge >= 0.3 is 0 Å². The third-order valence-electron chi connectivity index (χ3n) is 2.89. The van der Waals surface area contributed by atoms with Crippen LogP contribution in [-0.2, 0) is 0 Å². The standard InChI is InChI=1S/C13H23N5O/c1-5-8-14-12-7-6-11(16-17-12)13(19)15-9-10(2)18(3)4/h6-7,10H,5,8-9H2,1-4H3,(H,14,17)(H,15,19). The average Bonchev–Trinajstić information content (AvgIpc) is 2.42. The van der Waals surface area contributed by atoms with Gasteiger partial charge in [-0.1, -0.05) is 6.92 Å². The first-order valence-electron chi connectivity index (χ1n) is 6.56. The molecular formula is C13H23N5O. The molecule has 1 aromatic heterocycles. The Balaban J connectivity index is 2.48. The van der Waals surface area contributed by atoms with Crippen LogP contribution in [0.5, 0.6) is 0 Å². The average molecular weight is 265 g/mol. The lowest BCUT2D eigenvalue weighted by molar-refractivity contribution is 0.0937. The van der Waals surface area contributed by atoms with Gasteiger partial charge in [0.2, 0.25) is 0 Å². The highest BCUT2D eigenvalue weighted by Crippen LogP contribution is 2.02. The van der Waals surface area contributed by atoms with E-state index in [2.05, 4.69) is 27.8 Å². The Morgan fingerprint density at radius 1 is 1.37 bits per heavy atom. The normalized spacial score (nSPS) is 12.3. The van der Waals surface area contributed by atoms with Crippen molar-refractivity contribution >= 4 is 11.7 Å². The molecule has 0 saturated heterocycles. The van der Waals surface area contributed by atoms with E-state index < -0.39 is 0 Å². The van der Waals surface area contributed by atoms with Crippen LogP contribution in [0.4, 0.5) is 5.82 Å². The Labute approximate surface area is 114 Å². The number of hydrogen-bond acceptors (Lipinski definition) is 5. The molecule has 0 aliphatic rings. The first kappa shape index (κ1) is 15.4. The number of carbonyl (C=O) groups excluding carboxylic acids is 1. The van der Waals surface area contributed by atoms with Crippen molar-refractivity contribution in [2.45, 2.75) is 26.3 Å². The zero-order valence-electron chi connectivity index (χ0n) is 12.1. The summed E-state index contributed by atoms with van der Waals surface area (Å²) in [6, 6.07) is 3.73. The van der Waals surface area contributed by atoms with Gasteiger partial charge in [0, 0.05) is 19.1 Å². The molecule has 6 heteroatoms. The smallest absolute Gasteiger partial charge is 0.271 e. The van der Waals surface area contributed by atoms with Crippen LogP contribution in [0.15, 0.2) is 12.1 Å². The van der Waals surface area contributed by atoms with Gasteiger partial charge in [-0.2, -0.15) is 0 Å². The van der Waals surface area contributed by atoms with E-state index in [1.165, 1.54) is 0 Å². The van der Waals surface area contributed by atoms with Gasteiger partial charge in [-0.05, 0) is 39.6 Å². The molecule has 0 bridgehead atoms. The zero-order chi connectivity index (χ0) is 14.3. The largest absolute Gasteiger partial charge is 0.369 e. The number of anilines is 1. The molecule has 0 saturated carbocycles. The topological polar surface area (TPSA) is 70.2 Å². The van der Waals surface area contributed by atoms with Crippen molar-refractivity contribution in [2.24, 2.45) is 0 Å². The molecule has 1 aromatic rings. The third-order valence-corrected chi connectivity index (χ3v) is 2.89. The van der Waals surface area contributed by atoms with Crippen LogP contribution in [0.1, 0.15) is 30.8 Å². The van der Waals surface area contributed by atoms with Crippen molar-refractivity contribution in [3.8, 4) is 0 Å². The Kier molecular flexibility index (Phi) is 6.21. The van der Waals surface area contributed by atoms with Gasteiger partial charge in [0.25, 0.3) is 5.91 Å². The zero-order valence-corrected chi connectivity index (χ0v) is 12.1. The number of rotatable bonds is 7. The van der Waals surface area contributed by atoms with E-state index in [0.29, 0.717) is 18.1 Å². The van der Waals surface area contributed by atoms with Gasteiger partial charge in [0.05, 0.1) is 0 Å². The monoisotopic (exact) mass is 265 g/mol. The van der Waals surface area contributed by atoms with Crippen molar-refractivity contribution in [1.82, 2.24) is 20.4 Å². The van der Waals surface area contributed by atoms with Crippen LogP contribution in [0, 0.1) is 0 Å². The van der Waals surface area contributed by atoms with Crippen LogP contribution >= 0.6 is 0 Å². The molecule has 0 spiro atoms. The van der Waals surface area contributed by atoms with E-state index in [1.807, 2.05) is 25.9 Å². The van der Waals surface area contributed by atoms with Crippen LogP contribution in [0.25, 0.3) is 0 Å². The molecular weight excluding hydrogens is 242 g/mol. The molecule has 0 aromatic carbocycles. The van der Waals surface area contributed by atoms with Crippen LogP contribution < -0.4 is 10.6 Å². The molecule has 1 unspecified atom stereocenters. The molecule has 1 atom stereocenters. The second-order valence-corrected chi connectivity index (χ2v) is 4.75. The highest BCUT2D eigenvalue weighted by Gasteiger charge is 2.10. The predicted molar refractivity (Wildman–Crippen MR) is 76.3 cm³/mol. The summed E-state index contributed by atoms with van der Waals surface area (Å²) in [5, 5.41) is 13.8. The lowest BCUT2D eigenvalue weighted by atomic mass is 10.3. The highest BCUT2D eigenvalue weighted by molar-refractivity contribution is 5.92. The van der Waals surface area contributed by atoms with Gasteiger partial charge in [-0.25, -0.2) is 0 Å². The van der Waals surface area contributed by atoms with Crippen molar-refractivity contribution in [3.05, 3.63) is 17.8 Å². The van der Waals surface area contributed by atoms with Gasteiger partial charge in [-0.3, -0.25) is 4.79 Å². The Bertz CT molecular complexity index is 391. The first-order chi connectivity index (χ1) is 9.04. The molecule has 106 valence electrons. The summed E-state index contributed by atoms with van der Waals surface area (Å²) in [6.45, 7) is 5.56. The molecule has 6 nitrogen and oxygen atoms in total. The fraction of sp³-hybridized carbons (Fsp3) is 0.615. The molecule has 2 N–H and O–H groups in total. The number of nitrogens with one attached hydrogen (secondary N) is 2. The van der Waals surface area contributed by atoms with Gasteiger partial charge < -0.3 is 15.5 Å². The van der Waals surface area contributed by atoms with E-state index >= 15 is 0 Å². The summed E-state index contributed by atoms with van der Waals surface area (Å²) in [6.07, 6.45) is 1.02. The molecule has 1 rings (SSSR count). The predicted octanol–water partition coefficient (Wildman–Crippen LogP) is 0.978. The van der Waals surface area contributed by atoms with Gasteiger partial charge in [0.1, 0.15) is 5.82 Å². The quantitative estimate of drug-likeness (QED) is 0.769.